The monoisotopic (exact) mass is 281 g/mol. The number of likely N-dealkylation sites (tertiary alicyclic amines) is 1. The predicted molar refractivity (Wildman–Crippen MR) is 81.9 cm³/mol. The van der Waals surface area contributed by atoms with Crippen molar-refractivity contribution >= 4 is 5.97 Å². The lowest BCUT2D eigenvalue weighted by Gasteiger charge is -2.40. The van der Waals surface area contributed by atoms with Crippen molar-refractivity contribution in [1.29, 1.82) is 0 Å². The van der Waals surface area contributed by atoms with Gasteiger partial charge in [0.15, 0.2) is 0 Å². The van der Waals surface area contributed by atoms with Crippen LogP contribution < -0.4 is 0 Å². The minimum absolute atomic E-state index is 0.511. The maximum atomic E-state index is 11.9. The molecule has 1 saturated carbocycles. The van der Waals surface area contributed by atoms with Gasteiger partial charge in [-0.05, 0) is 51.0 Å². The Labute approximate surface area is 123 Å². The van der Waals surface area contributed by atoms with E-state index in [4.69, 9.17) is 0 Å². The van der Waals surface area contributed by atoms with Gasteiger partial charge < -0.3 is 5.11 Å². The number of carbonyl (C=O) groups is 1. The largest absolute Gasteiger partial charge is 0.480 e. The van der Waals surface area contributed by atoms with Crippen LogP contribution in [0.2, 0.25) is 0 Å². The highest BCUT2D eigenvalue weighted by Gasteiger charge is 2.49. The van der Waals surface area contributed by atoms with E-state index in [0.29, 0.717) is 6.04 Å². The Morgan fingerprint density at radius 3 is 2.65 bits per heavy atom. The molecule has 1 aliphatic heterocycles. The van der Waals surface area contributed by atoms with Gasteiger partial charge in [0, 0.05) is 6.04 Å². The van der Waals surface area contributed by atoms with E-state index in [1.54, 1.807) is 0 Å². The molecule has 3 atom stereocenters. The number of hydrogen-bond acceptors (Lipinski definition) is 2. The summed E-state index contributed by atoms with van der Waals surface area (Å²) in [6.07, 6.45) is 11.3. The molecule has 0 radical (unpaired) electrons. The maximum absolute atomic E-state index is 11.9. The standard InChI is InChI=1S/C17H31NO2/c1-3-11-17(16(19)20)12-6-13-18(17)15-8-5-7-14(4-2)9-10-15/h14-15H,3-13H2,1-2H3,(H,19,20). The summed E-state index contributed by atoms with van der Waals surface area (Å²) in [7, 11) is 0. The molecule has 1 heterocycles. The van der Waals surface area contributed by atoms with Crippen LogP contribution in [0, 0.1) is 5.92 Å². The van der Waals surface area contributed by atoms with Gasteiger partial charge in [0.2, 0.25) is 0 Å². The van der Waals surface area contributed by atoms with Crippen LogP contribution in [0.25, 0.3) is 0 Å². The van der Waals surface area contributed by atoms with Crippen molar-refractivity contribution in [2.75, 3.05) is 6.54 Å². The van der Waals surface area contributed by atoms with E-state index >= 15 is 0 Å². The molecular weight excluding hydrogens is 250 g/mol. The van der Waals surface area contributed by atoms with Crippen LogP contribution in [0.4, 0.5) is 0 Å². The Bertz CT molecular complexity index is 331. The third-order valence-electron chi connectivity index (χ3n) is 5.68. The van der Waals surface area contributed by atoms with Gasteiger partial charge in [0.1, 0.15) is 5.54 Å². The molecule has 2 aliphatic rings. The van der Waals surface area contributed by atoms with Gasteiger partial charge in [0.05, 0.1) is 0 Å². The first-order valence-corrected chi connectivity index (χ1v) is 8.64. The van der Waals surface area contributed by atoms with Gasteiger partial charge >= 0.3 is 5.97 Å². The first kappa shape index (κ1) is 15.8. The van der Waals surface area contributed by atoms with E-state index < -0.39 is 11.5 Å². The molecule has 116 valence electrons. The summed E-state index contributed by atoms with van der Waals surface area (Å²) < 4.78 is 0. The second-order valence-electron chi connectivity index (χ2n) is 6.82. The fourth-order valence-electron chi connectivity index (χ4n) is 4.53. The SMILES string of the molecule is CCCC1(C(=O)O)CCCN1C1CCCC(CC)CC1. The summed E-state index contributed by atoms with van der Waals surface area (Å²) in [4.78, 5) is 14.3. The predicted octanol–water partition coefficient (Wildman–Crippen LogP) is 4.06. The number of carboxylic acids is 1. The van der Waals surface area contributed by atoms with Crippen molar-refractivity contribution in [2.45, 2.75) is 89.6 Å². The fourth-order valence-corrected chi connectivity index (χ4v) is 4.53. The lowest BCUT2D eigenvalue weighted by atomic mass is 9.88. The van der Waals surface area contributed by atoms with E-state index in [9.17, 15) is 9.90 Å². The highest BCUT2D eigenvalue weighted by Crippen LogP contribution is 2.39. The first-order valence-electron chi connectivity index (χ1n) is 8.64. The van der Waals surface area contributed by atoms with Crippen molar-refractivity contribution < 1.29 is 9.90 Å². The Morgan fingerprint density at radius 1 is 1.20 bits per heavy atom. The van der Waals surface area contributed by atoms with Crippen LogP contribution in [0.15, 0.2) is 0 Å². The lowest BCUT2D eigenvalue weighted by Crippen LogP contribution is -2.54. The summed E-state index contributed by atoms with van der Waals surface area (Å²) in [5.74, 6) is 0.293. The van der Waals surface area contributed by atoms with Crippen molar-refractivity contribution in [3.8, 4) is 0 Å². The molecule has 0 aromatic carbocycles. The normalized spacial score (nSPS) is 35.9. The van der Waals surface area contributed by atoms with E-state index in [0.717, 1.165) is 38.1 Å². The minimum atomic E-state index is -0.576. The molecule has 1 N–H and O–H groups in total. The Hall–Kier alpha value is -0.570. The first-order chi connectivity index (χ1) is 9.64. The molecule has 0 aromatic heterocycles. The fraction of sp³-hybridized carbons (Fsp3) is 0.941. The number of aliphatic carboxylic acids is 1. The Morgan fingerprint density at radius 2 is 2.00 bits per heavy atom. The Balaban J connectivity index is 2.11. The smallest absolute Gasteiger partial charge is 0.324 e. The summed E-state index contributed by atoms with van der Waals surface area (Å²) in [6, 6.07) is 0.511. The van der Waals surface area contributed by atoms with E-state index in [-0.39, 0.29) is 0 Å². The molecule has 0 aromatic rings. The molecule has 1 saturated heterocycles. The number of hydrogen-bond donors (Lipinski definition) is 1. The third-order valence-corrected chi connectivity index (χ3v) is 5.68. The average Bonchev–Trinajstić information content (AvgIpc) is 2.71. The van der Waals surface area contributed by atoms with Gasteiger partial charge in [-0.2, -0.15) is 0 Å². The minimum Gasteiger partial charge on any atom is -0.480 e. The maximum Gasteiger partial charge on any atom is 0.324 e. The molecule has 0 bridgehead atoms. The highest BCUT2D eigenvalue weighted by molar-refractivity contribution is 5.79. The van der Waals surface area contributed by atoms with Crippen LogP contribution in [-0.4, -0.2) is 34.1 Å². The third kappa shape index (κ3) is 3.03. The molecule has 0 spiro atoms. The van der Waals surface area contributed by atoms with Gasteiger partial charge in [0.25, 0.3) is 0 Å². The van der Waals surface area contributed by atoms with E-state index in [1.165, 1.54) is 38.5 Å². The van der Waals surface area contributed by atoms with E-state index in [2.05, 4.69) is 18.7 Å². The second kappa shape index (κ2) is 6.93. The summed E-state index contributed by atoms with van der Waals surface area (Å²) in [5.41, 5.74) is -0.550. The van der Waals surface area contributed by atoms with E-state index in [1.807, 2.05) is 0 Å². The molecule has 3 heteroatoms. The zero-order valence-corrected chi connectivity index (χ0v) is 13.2. The van der Waals surface area contributed by atoms with Crippen LogP contribution in [0.3, 0.4) is 0 Å². The molecule has 2 fully saturated rings. The molecule has 3 nitrogen and oxygen atoms in total. The number of carboxylic acid groups (broad SMARTS) is 1. The van der Waals surface area contributed by atoms with Crippen LogP contribution in [-0.2, 0) is 4.79 Å². The molecule has 2 rings (SSSR count). The summed E-state index contributed by atoms with van der Waals surface area (Å²) in [6.45, 7) is 5.40. The van der Waals surface area contributed by atoms with Crippen molar-refractivity contribution in [1.82, 2.24) is 4.90 Å². The average molecular weight is 281 g/mol. The quantitative estimate of drug-likeness (QED) is 0.772. The lowest BCUT2D eigenvalue weighted by molar-refractivity contribution is -0.152. The topological polar surface area (TPSA) is 40.5 Å². The summed E-state index contributed by atoms with van der Waals surface area (Å²) in [5, 5.41) is 9.82. The Kier molecular flexibility index (Phi) is 5.48. The van der Waals surface area contributed by atoms with Crippen LogP contribution >= 0.6 is 0 Å². The highest BCUT2D eigenvalue weighted by atomic mass is 16.4. The van der Waals surface area contributed by atoms with Crippen molar-refractivity contribution in [2.24, 2.45) is 5.92 Å². The van der Waals surface area contributed by atoms with Gasteiger partial charge in [-0.15, -0.1) is 0 Å². The zero-order chi connectivity index (χ0) is 14.6. The second-order valence-corrected chi connectivity index (χ2v) is 6.82. The molecule has 0 amide bonds. The van der Waals surface area contributed by atoms with Gasteiger partial charge in [-0.25, -0.2) is 0 Å². The molecular formula is C17H31NO2. The molecule has 20 heavy (non-hydrogen) atoms. The van der Waals surface area contributed by atoms with Crippen molar-refractivity contribution in [3.63, 3.8) is 0 Å². The number of nitrogens with zero attached hydrogens (tertiary/aromatic N) is 1. The van der Waals surface area contributed by atoms with Gasteiger partial charge in [-0.1, -0.05) is 39.5 Å². The zero-order valence-electron chi connectivity index (χ0n) is 13.2. The number of rotatable bonds is 5. The van der Waals surface area contributed by atoms with Crippen LogP contribution in [0.1, 0.15) is 78.1 Å². The van der Waals surface area contributed by atoms with Crippen molar-refractivity contribution in [3.05, 3.63) is 0 Å². The van der Waals surface area contributed by atoms with Gasteiger partial charge in [-0.3, -0.25) is 9.69 Å². The summed E-state index contributed by atoms with van der Waals surface area (Å²) >= 11 is 0. The molecule has 1 aliphatic carbocycles. The molecule has 3 unspecified atom stereocenters. The van der Waals surface area contributed by atoms with Crippen LogP contribution in [0.5, 0.6) is 0 Å².